The highest BCUT2D eigenvalue weighted by molar-refractivity contribution is 5.18. The van der Waals surface area contributed by atoms with Crippen molar-refractivity contribution < 1.29 is 0 Å². The number of aryl methyl sites for hydroxylation is 1. The summed E-state index contributed by atoms with van der Waals surface area (Å²) in [4.78, 5) is 4.35. The molecule has 1 saturated carbocycles. The number of nitrogens with zero attached hydrogens (tertiary/aromatic N) is 1. The third-order valence-corrected chi connectivity index (χ3v) is 3.83. The minimum atomic E-state index is 0.255. The van der Waals surface area contributed by atoms with Crippen LogP contribution in [0.2, 0.25) is 0 Å². The third kappa shape index (κ3) is 2.25. The molecule has 2 rings (SSSR count). The zero-order chi connectivity index (χ0) is 11.5. The highest BCUT2D eigenvalue weighted by Gasteiger charge is 2.31. The van der Waals surface area contributed by atoms with E-state index in [2.05, 4.69) is 29.5 Å². The van der Waals surface area contributed by atoms with Crippen LogP contribution in [0, 0.1) is 18.8 Å². The highest BCUT2D eigenvalue weighted by atomic mass is 15.2. The number of nitrogens with one attached hydrogen (secondary N) is 1. The number of pyridine rings is 1. The molecule has 1 aromatic rings. The molecular weight excluding hydrogens is 198 g/mol. The van der Waals surface area contributed by atoms with Crippen molar-refractivity contribution >= 4 is 0 Å². The summed E-state index contributed by atoms with van der Waals surface area (Å²) in [6.07, 6.45) is 5.86. The Labute approximate surface area is 97.4 Å². The van der Waals surface area contributed by atoms with Crippen molar-refractivity contribution in [1.82, 2.24) is 10.4 Å². The van der Waals surface area contributed by atoms with E-state index in [1.165, 1.54) is 24.8 Å². The van der Waals surface area contributed by atoms with Crippen molar-refractivity contribution in [2.75, 3.05) is 0 Å². The van der Waals surface area contributed by atoms with Gasteiger partial charge in [-0.15, -0.1) is 0 Å². The van der Waals surface area contributed by atoms with Gasteiger partial charge in [0.2, 0.25) is 0 Å². The molecule has 88 valence electrons. The Balaban J connectivity index is 2.18. The summed E-state index contributed by atoms with van der Waals surface area (Å²) in [6.45, 7) is 4.33. The van der Waals surface area contributed by atoms with E-state index in [9.17, 15) is 0 Å². The van der Waals surface area contributed by atoms with Gasteiger partial charge in [-0.2, -0.15) is 0 Å². The summed E-state index contributed by atoms with van der Waals surface area (Å²) < 4.78 is 0. The fourth-order valence-corrected chi connectivity index (χ4v) is 2.80. The summed E-state index contributed by atoms with van der Waals surface area (Å²) in [5, 5.41) is 0. The van der Waals surface area contributed by atoms with E-state index in [4.69, 9.17) is 5.84 Å². The first-order chi connectivity index (χ1) is 7.72. The highest BCUT2D eigenvalue weighted by Crippen LogP contribution is 2.39. The average molecular weight is 219 g/mol. The van der Waals surface area contributed by atoms with E-state index in [1.807, 2.05) is 13.1 Å². The Morgan fingerprint density at radius 2 is 2.25 bits per heavy atom. The van der Waals surface area contributed by atoms with E-state index in [-0.39, 0.29) is 6.04 Å². The Morgan fingerprint density at radius 3 is 2.75 bits per heavy atom. The van der Waals surface area contributed by atoms with E-state index < -0.39 is 0 Å². The van der Waals surface area contributed by atoms with Crippen molar-refractivity contribution in [3.8, 4) is 0 Å². The maximum atomic E-state index is 5.71. The van der Waals surface area contributed by atoms with Crippen molar-refractivity contribution in [1.29, 1.82) is 0 Å². The van der Waals surface area contributed by atoms with Gasteiger partial charge in [0.25, 0.3) is 0 Å². The zero-order valence-corrected chi connectivity index (χ0v) is 10.1. The largest absolute Gasteiger partial charge is 0.271 e. The first-order valence-electron chi connectivity index (χ1n) is 6.11. The predicted octanol–water partition coefficient (Wildman–Crippen LogP) is 2.33. The van der Waals surface area contributed by atoms with Crippen LogP contribution in [-0.4, -0.2) is 4.98 Å². The van der Waals surface area contributed by atoms with Gasteiger partial charge in [0.05, 0.1) is 6.04 Å². The van der Waals surface area contributed by atoms with Crippen molar-refractivity contribution in [3.63, 3.8) is 0 Å². The molecule has 1 heterocycles. The molecule has 0 aliphatic heterocycles. The molecule has 3 N–H and O–H groups in total. The van der Waals surface area contributed by atoms with E-state index >= 15 is 0 Å². The smallest absolute Gasteiger partial charge is 0.0505 e. The van der Waals surface area contributed by atoms with Gasteiger partial charge in [-0.25, -0.2) is 0 Å². The molecule has 0 bridgehead atoms. The molecule has 0 saturated heterocycles. The molecule has 0 amide bonds. The molecule has 3 atom stereocenters. The zero-order valence-electron chi connectivity index (χ0n) is 10.1. The second kappa shape index (κ2) is 4.93. The Kier molecular flexibility index (Phi) is 3.56. The molecule has 1 aromatic heterocycles. The molecule has 16 heavy (non-hydrogen) atoms. The van der Waals surface area contributed by atoms with Gasteiger partial charge < -0.3 is 0 Å². The van der Waals surface area contributed by atoms with Crippen LogP contribution in [0.3, 0.4) is 0 Å². The molecule has 0 aromatic carbocycles. The van der Waals surface area contributed by atoms with Gasteiger partial charge in [-0.05, 0) is 36.8 Å². The van der Waals surface area contributed by atoms with Crippen LogP contribution in [0.15, 0.2) is 18.3 Å². The summed E-state index contributed by atoms with van der Waals surface area (Å²) in [7, 11) is 0. The molecule has 3 unspecified atom stereocenters. The first kappa shape index (κ1) is 11.6. The van der Waals surface area contributed by atoms with Gasteiger partial charge in [0.1, 0.15) is 0 Å². The summed E-state index contributed by atoms with van der Waals surface area (Å²) in [5.74, 6) is 7.11. The average Bonchev–Trinajstić information content (AvgIpc) is 2.69. The molecule has 3 heteroatoms. The number of hydrogen-bond donors (Lipinski definition) is 2. The fourth-order valence-electron chi connectivity index (χ4n) is 2.80. The molecular formula is C13H21N3. The first-order valence-corrected chi connectivity index (χ1v) is 6.11. The molecule has 1 fully saturated rings. The van der Waals surface area contributed by atoms with Crippen LogP contribution < -0.4 is 11.3 Å². The fraction of sp³-hybridized carbons (Fsp3) is 0.615. The van der Waals surface area contributed by atoms with Crippen LogP contribution in [0.25, 0.3) is 0 Å². The second-order valence-electron chi connectivity index (χ2n) is 4.95. The Hall–Kier alpha value is -0.930. The number of aromatic nitrogens is 1. The molecule has 1 aliphatic rings. The summed E-state index contributed by atoms with van der Waals surface area (Å²) in [6, 6.07) is 4.45. The van der Waals surface area contributed by atoms with Crippen molar-refractivity contribution in [2.24, 2.45) is 17.7 Å². The molecule has 0 radical (unpaired) electrons. The van der Waals surface area contributed by atoms with Gasteiger partial charge in [-0.3, -0.25) is 16.3 Å². The Bertz CT molecular complexity index is 334. The van der Waals surface area contributed by atoms with Crippen molar-refractivity contribution in [3.05, 3.63) is 29.6 Å². The number of hydrazine groups is 1. The van der Waals surface area contributed by atoms with Crippen molar-refractivity contribution in [2.45, 2.75) is 39.2 Å². The summed E-state index contributed by atoms with van der Waals surface area (Å²) >= 11 is 0. The monoisotopic (exact) mass is 219 g/mol. The minimum absolute atomic E-state index is 0.255. The Morgan fingerprint density at radius 1 is 1.44 bits per heavy atom. The van der Waals surface area contributed by atoms with Gasteiger partial charge >= 0.3 is 0 Å². The number of rotatable bonds is 3. The maximum absolute atomic E-state index is 5.71. The van der Waals surface area contributed by atoms with Gasteiger partial charge in [-0.1, -0.05) is 25.8 Å². The second-order valence-corrected chi connectivity index (χ2v) is 4.95. The van der Waals surface area contributed by atoms with Crippen LogP contribution in [0.1, 0.15) is 43.5 Å². The van der Waals surface area contributed by atoms with E-state index in [0.29, 0.717) is 5.92 Å². The number of hydrogen-bond acceptors (Lipinski definition) is 3. The standard InChI is InChI=1S/C13H21N3/c1-9-4-3-5-12(9)13(16-14)11-7-6-10(2)15-8-11/h6-9,12-13,16H,3-5,14H2,1-2H3. The van der Waals surface area contributed by atoms with Gasteiger partial charge in [0.15, 0.2) is 0 Å². The lowest BCUT2D eigenvalue weighted by Gasteiger charge is -2.26. The maximum Gasteiger partial charge on any atom is 0.0505 e. The summed E-state index contributed by atoms with van der Waals surface area (Å²) in [5.41, 5.74) is 5.24. The van der Waals surface area contributed by atoms with Gasteiger partial charge in [0, 0.05) is 11.9 Å². The molecule has 3 nitrogen and oxygen atoms in total. The lowest BCUT2D eigenvalue weighted by molar-refractivity contribution is 0.304. The number of nitrogens with two attached hydrogens (primary N) is 1. The SMILES string of the molecule is Cc1ccc(C(NN)C2CCCC2C)cn1. The lowest BCUT2D eigenvalue weighted by atomic mass is 9.87. The lowest BCUT2D eigenvalue weighted by Crippen LogP contribution is -2.34. The topological polar surface area (TPSA) is 50.9 Å². The van der Waals surface area contributed by atoms with Crippen LogP contribution in [-0.2, 0) is 0 Å². The minimum Gasteiger partial charge on any atom is -0.271 e. The normalized spacial score (nSPS) is 26.9. The third-order valence-electron chi connectivity index (χ3n) is 3.83. The van der Waals surface area contributed by atoms with Crippen LogP contribution >= 0.6 is 0 Å². The van der Waals surface area contributed by atoms with Crippen LogP contribution in [0.4, 0.5) is 0 Å². The quantitative estimate of drug-likeness (QED) is 0.606. The van der Waals surface area contributed by atoms with E-state index in [1.54, 1.807) is 0 Å². The van der Waals surface area contributed by atoms with Crippen LogP contribution in [0.5, 0.6) is 0 Å². The predicted molar refractivity (Wildman–Crippen MR) is 65.5 cm³/mol. The van der Waals surface area contributed by atoms with E-state index in [0.717, 1.165) is 11.6 Å². The molecule has 1 aliphatic carbocycles. The molecule has 0 spiro atoms.